The minimum Gasteiger partial charge on any atom is -0.294 e. The molecular weight excluding hydrogens is 164 g/mol. The maximum Gasteiger partial charge on any atom is 0.253 e. The van der Waals surface area contributed by atoms with Crippen LogP contribution in [0.2, 0.25) is 0 Å². The minimum absolute atomic E-state index is 0.106. The zero-order chi connectivity index (χ0) is 9.42. The normalized spacial score (nSPS) is 21.2. The van der Waals surface area contributed by atoms with Gasteiger partial charge in [-0.1, -0.05) is 0 Å². The van der Waals surface area contributed by atoms with Crippen molar-refractivity contribution in [3.8, 4) is 0 Å². The lowest BCUT2D eigenvalue weighted by molar-refractivity contribution is 0.404. The molecule has 1 aromatic heterocycles. The van der Waals surface area contributed by atoms with E-state index in [-0.39, 0.29) is 5.56 Å². The first-order valence-corrected chi connectivity index (χ1v) is 4.77. The lowest BCUT2D eigenvalue weighted by Crippen LogP contribution is -2.30. The van der Waals surface area contributed by atoms with Crippen molar-refractivity contribution in [2.24, 2.45) is 0 Å². The van der Waals surface area contributed by atoms with Crippen molar-refractivity contribution in [2.75, 3.05) is 0 Å². The van der Waals surface area contributed by atoms with E-state index in [1.54, 1.807) is 6.07 Å². The van der Waals surface area contributed by atoms with Crippen molar-refractivity contribution < 1.29 is 0 Å². The van der Waals surface area contributed by atoms with Crippen LogP contribution in [0.15, 0.2) is 10.9 Å². The molecule has 0 amide bonds. The van der Waals surface area contributed by atoms with Crippen LogP contribution in [0.25, 0.3) is 0 Å². The molecule has 0 saturated heterocycles. The Morgan fingerprint density at radius 2 is 2.38 bits per heavy atom. The number of nitrogens with zero attached hydrogens (tertiary/aromatic N) is 2. The molecule has 13 heavy (non-hydrogen) atoms. The third-order valence-corrected chi connectivity index (χ3v) is 2.62. The summed E-state index contributed by atoms with van der Waals surface area (Å²) in [4.78, 5) is 16.0. The van der Waals surface area contributed by atoms with Gasteiger partial charge in [-0.15, -0.1) is 0 Å². The van der Waals surface area contributed by atoms with Crippen LogP contribution >= 0.6 is 0 Å². The predicted molar refractivity (Wildman–Crippen MR) is 50.9 cm³/mol. The first-order chi connectivity index (χ1) is 6.18. The number of fused-ring (bicyclic) bond motifs is 1. The van der Waals surface area contributed by atoms with Gasteiger partial charge in [0.2, 0.25) is 0 Å². The van der Waals surface area contributed by atoms with Crippen molar-refractivity contribution in [1.82, 2.24) is 9.55 Å². The van der Waals surface area contributed by atoms with Gasteiger partial charge in [0.15, 0.2) is 0 Å². The highest BCUT2D eigenvalue weighted by atomic mass is 16.1. The summed E-state index contributed by atoms with van der Waals surface area (Å²) >= 11 is 0. The highest BCUT2D eigenvalue weighted by molar-refractivity contribution is 5.05. The average molecular weight is 178 g/mol. The fourth-order valence-electron chi connectivity index (χ4n) is 2.00. The zero-order valence-electron chi connectivity index (χ0n) is 8.08. The Hall–Kier alpha value is -1.12. The number of hydrogen-bond acceptors (Lipinski definition) is 2. The number of aromatic nitrogens is 2. The van der Waals surface area contributed by atoms with Gasteiger partial charge in [-0.3, -0.25) is 9.36 Å². The molecule has 1 aliphatic rings. The van der Waals surface area contributed by atoms with Crippen LogP contribution in [0.4, 0.5) is 0 Å². The van der Waals surface area contributed by atoms with Gasteiger partial charge < -0.3 is 0 Å². The summed E-state index contributed by atoms with van der Waals surface area (Å²) in [6.07, 6.45) is 3.19. The monoisotopic (exact) mass is 178 g/mol. The molecule has 0 spiro atoms. The fraction of sp³-hybridized carbons (Fsp3) is 0.600. The van der Waals surface area contributed by atoms with Crippen molar-refractivity contribution in [1.29, 1.82) is 0 Å². The highest BCUT2D eigenvalue weighted by Gasteiger charge is 2.17. The summed E-state index contributed by atoms with van der Waals surface area (Å²) in [5.74, 6) is 0.962. The van der Waals surface area contributed by atoms with E-state index in [0.717, 1.165) is 30.8 Å². The van der Waals surface area contributed by atoms with E-state index in [1.807, 2.05) is 11.5 Å². The molecule has 1 atom stereocenters. The topological polar surface area (TPSA) is 34.9 Å². The van der Waals surface area contributed by atoms with Crippen molar-refractivity contribution in [2.45, 2.75) is 39.2 Å². The Bertz CT molecular complexity index is 381. The Labute approximate surface area is 77.4 Å². The molecule has 0 saturated carbocycles. The number of aryl methyl sites for hydroxylation is 2. The van der Waals surface area contributed by atoms with Crippen LogP contribution in [0.1, 0.15) is 37.3 Å². The first kappa shape index (κ1) is 8.48. The second kappa shape index (κ2) is 2.98. The number of rotatable bonds is 0. The molecule has 0 N–H and O–H groups in total. The van der Waals surface area contributed by atoms with E-state index >= 15 is 0 Å². The standard InChI is InChI=1S/C10H14N2O/c1-7-6-10(13)12-8(2)4-3-5-9(12)11-7/h6,8H,3-5H2,1-2H3/t8-/m0/s1. The van der Waals surface area contributed by atoms with E-state index in [2.05, 4.69) is 11.9 Å². The molecular formula is C10H14N2O. The van der Waals surface area contributed by atoms with Crippen molar-refractivity contribution in [3.63, 3.8) is 0 Å². The summed E-state index contributed by atoms with van der Waals surface area (Å²) in [6, 6.07) is 1.94. The quantitative estimate of drug-likeness (QED) is 0.602. The van der Waals surface area contributed by atoms with Crippen molar-refractivity contribution >= 4 is 0 Å². The molecule has 0 unspecified atom stereocenters. The minimum atomic E-state index is 0.106. The number of hydrogen-bond donors (Lipinski definition) is 0. The second-order valence-corrected chi connectivity index (χ2v) is 3.76. The van der Waals surface area contributed by atoms with E-state index < -0.39 is 0 Å². The Morgan fingerprint density at radius 3 is 3.15 bits per heavy atom. The van der Waals surface area contributed by atoms with Gasteiger partial charge in [-0.2, -0.15) is 0 Å². The molecule has 1 aromatic rings. The molecule has 1 aliphatic heterocycles. The predicted octanol–water partition coefficient (Wildman–Crippen LogP) is 1.45. The molecule has 0 fully saturated rings. The van der Waals surface area contributed by atoms with Gasteiger partial charge in [0.1, 0.15) is 5.82 Å². The van der Waals surface area contributed by atoms with Crippen LogP contribution < -0.4 is 5.56 Å². The highest BCUT2D eigenvalue weighted by Crippen LogP contribution is 2.20. The van der Waals surface area contributed by atoms with Gasteiger partial charge in [0.25, 0.3) is 5.56 Å². The van der Waals surface area contributed by atoms with E-state index in [1.165, 1.54) is 0 Å². The maximum atomic E-state index is 11.6. The van der Waals surface area contributed by atoms with Crippen LogP contribution in [0, 0.1) is 6.92 Å². The van der Waals surface area contributed by atoms with Crippen LogP contribution in [0.5, 0.6) is 0 Å². The third kappa shape index (κ3) is 1.39. The summed E-state index contributed by atoms with van der Waals surface area (Å²) in [5, 5.41) is 0. The van der Waals surface area contributed by atoms with Gasteiger partial charge in [0.05, 0.1) is 0 Å². The van der Waals surface area contributed by atoms with Gasteiger partial charge >= 0.3 is 0 Å². The Kier molecular flexibility index (Phi) is 1.94. The van der Waals surface area contributed by atoms with Gasteiger partial charge in [-0.05, 0) is 26.7 Å². The molecule has 3 heteroatoms. The van der Waals surface area contributed by atoms with Gasteiger partial charge in [0, 0.05) is 24.2 Å². The molecule has 70 valence electrons. The van der Waals surface area contributed by atoms with Crippen LogP contribution in [-0.2, 0) is 6.42 Å². The van der Waals surface area contributed by atoms with E-state index in [0.29, 0.717) is 6.04 Å². The molecule has 0 radical (unpaired) electrons. The Morgan fingerprint density at radius 1 is 1.62 bits per heavy atom. The van der Waals surface area contributed by atoms with E-state index in [9.17, 15) is 4.79 Å². The molecule has 2 rings (SSSR count). The van der Waals surface area contributed by atoms with E-state index in [4.69, 9.17) is 0 Å². The average Bonchev–Trinajstić information content (AvgIpc) is 2.02. The summed E-state index contributed by atoms with van der Waals surface area (Å²) in [6.45, 7) is 3.96. The second-order valence-electron chi connectivity index (χ2n) is 3.76. The smallest absolute Gasteiger partial charge is 0.253 e. The summed E-state index contributed by atoms with van der Waals surface area (Å²) in [5.41, 5.74) is 0.944. The molecule has 2 heterocycles. The summed E-state index contributed by atoms with van der Waals surface area (Å²) in [7, 11) is 0. The zero-order valence-corrected chi connectivity index (χ0v) is 8.08. The SMILES string of the molecule is Cc1cc(=O)n2c(n1)CCC[C@@H]2C. The van der Waals surface area contributed by atoms with Crippen LogP contribution in [0.3, 0.4) is 0 Å². The fourth-order valence-corrected chi connectivity index (χ4v) is 2.00. The lowest BCUT2D eigenvalue weighted by Gasteiger charge is -2.23. The van der Waals surface area contributed by atoms with Gasteiger partial charge in [-0.25, -0.2) is 4.98 Å². The van der Waals surface area contributed by atoms with Crippen molar-refractivity contribution in [3.05, 3.63) is 27.9 Å². The summed E-state index contributed by atoms with van der Waals surface area (Å²) < 4.78 is 1.83. The third-order valence-electron chi connectivity index (χ3n) is 2.62. The Balaban J connectivity index is 2.63. The molecule has 0 bridgehead atoms. The lowest BCUT2D eigenvalue weighted by atomic mass is 10.1. The molecule has 0 aromatic carbocycles. The maximum absolute atomic E-state index is 11.6. The van der Waals surface area contributed by atoms with Crippen LogP contribution in [-0.4, -0.2) is 9.55 Å². The molecule has 0 aliphatic carbocycles. The largest absolute Gasteiger partial charge is 0.294 e. The first-order valence-electron chi connectivity index (χ1n) is 4.77. The molecule has 3 nitrogen and oxygen atoms in total.